The Morgan fingerprint density at radius 2 is 2.25 bits per heavy atom. The fourth-order valence-corrected chi connectivity index (χ4v) is 0.255. The van der Waals surface area contributed by atoms with Crippen LogP contribution >= 0.6 is 0 Å². The van der Waals surface area contributed by atoms with E-state index < -0.39 is 11.9 Å². The summed E-state index contributed by atoms with van der Waals surface area (Å²) in [6.45, 7) is 0. The van der Waals surface area contributed by atoms with Gasteiger partial charge in [-0.25, -0.2) is 4.79 Å². The van der Waals surface area contributed by atoms with Gasteiger partial charge in [-0.15, -0.1) is 10.2 Å². The SMILES string of the molecule is COC(=O)C1(F)N=N1. The van der Waals surface area contributed by atoms with E-state index in [1.54, 1.807) is 0 Å². The zero-order valence-corrected chi connectivity index (χ0v) is 4.09. The Balaban J connectivity index is 2.48. The normalized spacial score (nSPS) is 20.2. The number of rotatable bonds is 1. The molecule has 0 N–H and O–H groups in total. The molecule has 0 saturated heterocycles. The first-order chi connectivity index (χ1) is 3.69. The number of alkyl halides is 1. The first kappa shape index (κ1) is 5.14. The van der Waals surface area contributed by atoms with Crippen LogP contribution < -0.4 is 0 Å². The molecule has 1 aliphatic rings. The fraction of sp³-hybridized carbons (Fsp3) is 0.667. The molecule has 0 fully saturated rings. The fourth-order valence-electron chi connectivity index (χ4n) is 0.255. The van der Waals surface area contributed by atoms with Crippen molar-refractivity contribution in [1.82, 2.24) is 0 Å². The maximum atomic E-state index is 12.1. The van der Waals surface area contributed by atoms with Gasteiger partial charge in [0.2, 0.25) is 0 Å². The standard InChI is InChI=1S/C3H3FN2O2/c1-8-2(7)3(4)5-6-3/h1H3. The van der Waals surface area contributed by atoms with Gasteiger partial charge >= 0.3 is 11.9 Å². The molecule has 0 aromatic carbocycles. The lowest BCUT2D eigenvalue weighted by molar-refractivity contribution is -0.149. The van der Waals surface area contributed by atoms with Crippen molar-refractivity contribution in [2.45, 2.75) is 5.92 Å². The number of ether oxygens (including phenoxy) is 1. The molecule has 0 amide bonds. The van der Waals surface area contributed by atoms with Crippen LogP contribution in [0.4, 0.5) is 4.39 Å². The second kappa shape index (κ2) is 1.24. The number of hydrogen-bond acceptors (Lipinski definition) is 4. The van der Waals surface area contributed by atoms with Gasteiger partial charge in [-0.1, -0.05) is 0 Å². The second-order valence-corrected chi connectivity index (χ2v) is 1.28. The number of nitrogens with zero attached hydrogens (tertiary/aromatic N) is 2. The van der Waals surface area contributed by atoms with E-state index >= 15 is 0 Å². The number of esters is 1. The molecule has 5 heteroatoms. The highest BCUT2D eigenvalue weighted by atomic mass is 19.2. The van der Waals surface area contributed by atoms with Crippen molar-refractivity contribution >= 4 is 5.97 Å². The third kappa shape index (κ3) is 0.556. The summed E-state index contributed by atoms with van der Waals surface area (Å²) in [5.74, 6) is -3.41. The average molecular weight is 118 g/mol. The molecule has 0 unspecified atom stereocenters. The van der Waals surface area contributed by atoms with Crippen molar-refractivity contribution in [2.75, 3.05) is 7.11 Å². The monoisotopic (exact) mass is 118 g/mol. The van der Waals surface area contributed by atoms with Crippen molar-refractivity contribution in [1.29, 1.82) is 0 Å². The minimum absolute atomic E-state index is 1.06. The maximum Gasteiger partial charge on any atom is 0.426 e. The third-order valence-corrected chi connectivity index (χ3v) is 0.721. The quantitative estimate of drug-likeness (QED) is 0.366. The van der Waals surface area contributed by atoms with Crippen LogP contribution in [0.15, 0.2) is 10.2 Å². The molecule has 0 radical (unpaired) electrons. The van der Waals surface area contributed by atoms with E-state index in [0.29, 0.717) is 0 Å². The van der Waals surface area contributed by atoms with Crippen molar-refractivity contribution in [3.05, 3.63) is 0 Å². The van der Waals surface area contributed by atoms with Crippen LogP contribution in [0.3, 0.4) is 0 Å². The Morgan fingerprint density at radius 1 is 1.75 bits per heavy atom. The van der Waals surface area contributed by atoms with Gasteiger partial charge in [-0.05, 0) is 0 Å². The summed E-state index contributed by atoms with van der Waals surface area (Å²) in [5, 5.41) is 5.58. The zero-order chi connectivity index (χ0) is 6.20. The molecule has 4 nitrogen and oxygen atoms in total. The summed E-state index contributed by atoms with van der Waals surface area (Å²) < 4.78 is 16.1. The van der Waals surface area contributed by atoms with Gasteiger partial charge in [0.25, 0.3) is 0 Å². The minimum atomic E-state index is -2.35. The summed E-state index contributed by atoms with van der Waals surface area (Å²) in [7, 11) is 1.08. The smallest absolute Gasteiger partial charge is 0.426 e. The number of hydrogen-bond donors (Lipinski definition) is 0. The molecule has 44 valence electrons. The first-order valence-corrected chi connectivity index (χ1v) is 1.90. The molecule has 1 heterocycles. The van der Waals surface area contributed by atoms with Gasteiger partial charge in [0, 0.05) is 0 Å². The number of carbonyl (C=O) groups excluding carboxylic acids is 1. The summed E-state index contributed by atoms with van der Waals surface area (Å²) in [6.07, 6.45) is 0. The highest BCUT2D eigenvalue weighted by Crippen LogP contribution is 2.30. The summed E-state index contributed by atoms with van der Waals surface area (Å²) in [4.78, 5) is 10.1. The highest BCUT2D eigenvalue weighted by molar-refractivity contribution is 5.80. The zero-order valence-electron chi connectivity index (χ0n) is 4.09. The van der Waals surface area contributed by atoms with E-state index in [1.807, 2.05) is 0 Å². The van der Waals surface area contributed by atoms with Crippen LogP contribution in [0.2, 0.25) is 0 Å². The number of methoxy groups -OCH3 is 1. The Morgan fingerprint density at radius 3 is 2.38 bits per heavy atom. The van der Waals surface area contributed by atoms with Crippen molar-refractivity contribution < 1.29 is 13.9 Å². The van der Waals surface area contributed by atoms with Crippen LogP contribution in [0, 0.1) is 0 Å². The van der Waals surface area contributed by atoms with Gasteiger partial charge in [-0.2, -0.15) is 4.39 Å². The molecule has 0 atom stereocenters. The van der Waals surface area contributed by atoms with Crippen molar-refractivity contribution in [3.8, 4) is 0 Å². The largest absolute Gasteiger partial charge is 0.464 e. The topological polar surface area (TPSA) is 51.0 Å². The average Bonchev–Trinajstić information content (AvgIpc) is 2.47. The highest BCUT2D eigenvalue weighted by Gasteiger charge is 2.50. The van der Waals surface area contributed by atoms with E-state index in [0.717, 1.165) is 7.11 Å². The lowest BCUT2D eigenvalue weighted by Gasteiger charge is -1.93. The molecule has 0 bridgehead atoms. The molecule has 0 spiro atoms. The van der Waals surface area contributed by atoms with Gasteiger partial charge < -0.3 is 4.74 Å². The maximum absolute atomic E-state index is 12.1. The van der Waals surface area contributed by atoms with Crippen LogP contribution in [-0.4, -0.2) is 19.0 Å². The molecule has 1 aliphatic heterocycles. The number of carbonyl (C=O) groups is 1. The predicted octanol–water partition coefficient (Wildman–Crippen LogP) is 0.248. The van der Waals surface area contributed by atoms with Crippen molar-refractivity contribution in [3.63, 3.8) is 0 Å². The van der Waals surface area contributed by atoms with Crippen LogP contribution in [0.1, 0.15) is 0 Å². The molecule has 8 heavy (non-hydrogen) atoms. The third-order valence-electron chi connectivity index (χ3n) is 0.721. The Bertz CT molecular complexity index is 149. The van der Waals surface area contributed by atoms with Crippen LogP contribution in [0.25, 0.3) is 0 Å². The molecule has 0 aromatic rings. The Kier molecular flexibility index (Phi) is 0.797. The molecule has 0 saturated carbocycles. The van der Waals surface area contributed by atoms with Gasteiger partial charge in [0.05, 0.1) is 7.11 Å². The van der Waals surface area contributed by atoms with E-state index in [1.165, 1.54) is 0 Å². The summed E-state index contributed by atoms with van der Waals surface area (Å²) >= 11 is 0. The lowest BCUT2D eigenvalue weighted by Crippen LogP contribution is -2.19. The minimum Gasteiger partial charge on any atom is -0.464 e. The molecular formula is C3H3FN2O2. The summed E-state index contributed by atoms with van der Waals surface area (Å²) in [6, 6.07) is 0. The van der Waals surface area contributed by atoms with E-state index in [9.17, 15) is 9.18 Å². The van der Waals surface area contributed by atoms with E-state index in [-0.39, 0.29) is 0 Å². The van der Waals surface area contributed by atoms with Crippen molar-refractivity contribution in [2.24, 2.45) is 10.2 Å². The second-order valence-electron chi connectivity index (χ2n) is 1.28. The first-order valence-electron chi connectivity index (χ1n) is 1.90. The number of halogens is 1. The summed E-state index contributed by atoms with van der Waals surface area (Å²) in [5.41, 5.74) is 0. The molecular weight excluding hydrogens is 115 g/mol. The van der Waals surface area contributed by atoms with Crippen LogP contribution in [-0.2, 0) is 9.53 Å². The molecule has 0 aliphatic carbocycles. The van der Waals surface area contributed by atoms with Gasteiger partial charge in [0.1, 0.15) is 0 Å². The Labute approximate surface area is 44.4 Å². The molecule has 0 aromatic heterocycles. The molecule has 1 rings (SSSR count). The van der Waals surface area contributed by atoms with Gasteiger partial charge in [-0.3, -0.25) is 0 Å². The Hall–Kier alpha value is -1.00. The van der Waals surface area contributed by atoms with Crippen LogP contribution in [0.5, 0.6) is 0 Å². The van der Waals surface area contributed by atoms with Gasteiger partial charge in [0.15, 0.2) is 0 Å². The van der Waals surface area contributed by atoms with E-state index in [2.05, 4.69) is 15.0 Å². The van der Waals surface area contributed by atoms with E-state index in [4.69, 9.17) is 0 Å². The predicted molar refractivity (Wildman–Crippen MR) is 20.7 cm³/mol. The lowest BCUT2D eigenvalue weighted by atomic mass is 10.6.